The van der Waals surface area contributed by atoms with Gasteiger partial charge in [0.15, 0.2) is 6.10 Å². The van der Waals surface area contributed by atoms with Crippen molar-refractivity contribution in [2.45, 2.75) is 43.9 Å². The first-order chi connectivity index (χ1) is 23.4. The molecule has 0 aliphatic rings. The number of nitrogen functional groups attached to an aromatic ring is 1. The number of nitrogens with zero attached hydrogens (tertiary/aromatic N) is 4. The molecule has 6 N–H and O–H groups in total. The van der Waals surface area contributed by atoms with Gasteiger partial charge in [-0.15, -0.1) is 0 Å². The van der Waals surface area contributed by atoms with Gasteiger partial charge < -0.3 is 26.4 Å². The van der Waals surface area contributed by atoms with Gasteiger partial charge in [0.05, 0.1) is 17.1 Å². The molecule has 0 fully saturated rings. The number of aryl methyl sites for hydroxylation is 1. The van der Waals surface area contributed by atoms with Crippen LogP contribution in [0.4, 0.5) is 32.3 Å². The molecule has 264 valence electrons. The molecule has 5 rings (SSSR count). The van der Waals surface area contributed by atoms with E-state index in [1.165, 1.54) is 47.1 Å². The van der Waals surface area contributed by atoms with E-state index in [-0.39, 0.29) is 45.2 Å². The number of carbonyl (C=O) groups is 1. The second kappa shape index (κ2) is 15.7. The molecule has 0 bridgehead atoms. The molecule has 0 saturated heterocycles. The number of hydrogen-bond acceptors (Lipinski definition) is 8. The SMILES string of the molecule is Cc1ccn(-c2ccccc2[C@@H](Oc2cc(-c3ccc(C[C@H](N)C(=O)O)cc3)nc(N)n2)C(F)(F)F)n1.OC(c1ccccc1Br)C(F)(F)F. The predicted molar refractivity (Wildman–Crippen MR) is 174 cm³/mol. The highest BCUT2D eigenvalue weighted by atomic mass is 79.9. The number of halogens is 7. The summed E-state index contributed by atoms with van der Waals surface area (Å²) >= 11 is 2.93. The number of rotatable bonds is 9. The Bertz CT molecular complexity index is 1920. The number of hydrogen-bond donors (Lipinski definition) is 4. The number of anilines is 1. The van der Waals surface area contributed by atoms with Crippen LogP contribution in [0, 0.1) is 6.92 Å². The number of aliphatic hydroxyl groups is 1. The minimum absolute atomic E-state index is 0.109. The summed E-state index contributed by atoms with van der Waals surface area (Å²) in [6, 6.07) is 20.1. The third-order valence-corrected chi connectivity index (χ3v) is 7.70. The molecule has 1 unspecified atom stereocenters. The lowest BCUT2D eigenvalue weighted by Crippen LogP contribution is -2.32. The smallest absolute Gasteiger partial charge is 0.429 e. The summed E-state index contributed by atoms with van der Waals surface area (Å²) in [6.45, 7) is 1.73. The Balaban J connectivity index is 0.000000363. The van der Waals surface area contributed by atoms with Crippen LogP contribution in [0.2, 0.25) is 0 Å². The van der Waals surface area contributed by atoms with Crippen LogP contribution in [0.5, 0.6) is 5.88 Å². The van der Waals surface area contributed by atoms with Gasteiger partial charge in [-0.05, 0) is 37.1 Å². The first kappa shape index (κ1) is 37.8. The maximum atomic E-state index is 14.2. The highest BCUT2D eigenvalue weighted by Crippen LogP contribution is 2.40. The fourth-order valence-corrected chi connectivity index (χ4v) is 5.07. The summed E-state index contributed by atoms with van der Waals surface area (Å²) in [4.78, 5) is 18.9. The van der Waals surface area contributed by atoms with E-state index >= 15 is 0 Å². The molecule has 0 aliphatic heterocycles. The minimum atomic E-state index is -4.79. The number of nitrogens with two attached hydrogens (primary N) is 2. The van der Waals surface area contributed by atoms with Gasteiger partial charge in [-0.1, -0.05) is 76.6 Å². The number of carboxylic acid groups (broad SMARTS) is 1. The van der Waals surface area contributed by atoms with E-state index in [4.69, 9.17) is 26.4 Å². The average molecular weight is 768 g/mol. The van der Waals surface area contributed by atoms with Gasteiger partial charge in [0.2, 0.25) is 17.9 Å². The van der Waals surface area contributed by atoms with Gasteiger partial charge in [-0.25, -0.2) is 9.67 Å². The Morgan fingerprint density at radius 3 is 2.10 bits per heavy atom. The van der Waals surface area contributed by atoms with E-state index in [1.54, 1.807) is 55.6 Å². The largest absolute Gasteiger partial charge is 0.480 e. The second-order valence-corrected chi connectivity index (χ2v) is 11.6. The van der Waals surface area contributed by atoms with Crippen LogP contribution in [0.3, 0.4) is 0 Å². The average Bonchev–Trinajstić information content (AvgIpc) is 3.49. The highest BCUT2D eigenvalue weighted by molar-refractivity contribution is 9.10. The molecule has 10 nitrogen and oxygen atoms in total. The van der Waals surface area contributed by atoms with Crippen molar-refractivity contribution < 1.29 is 46.1 Å². The number of para-hydroxylation sites is 1. The molecular weight excluding hydrogens is 738 g/mol. The lowest BCUT2D eigenvalue weighted by Gasteiger charge is -2.24. The molecule has 3 aromatic carbocycles. The normalized spacial score (nSPS) is 13.5. The number of ether oxygens (including phenoxy) is 1. The highest BCUT2D eigenvalue weighted by Gasteiger charge is 2.45. The maximum absolute atomic E-state index is 14.2. The van der Waals surface area contributed by atoms with E-state index in [0.717, 1.165) is 0 Å². The van der Waals surface area contributed by atoms with Crippen molar-refractivity contribution in [2.24, 2.45) is 5.73 Å². The van der Waals surface area contributed by atoms with Gasteiger partial charge in [-0.2, -0.15) is 36.4 Å². The molecule has 5 aromatic rings. The monoisotopic (exact) mass is 766 g/mol. The lowest BCUT2D eigenvalue weighted by molar-refractivity contribution is -0.207. The summed E-state index contributed by atoms with van der Waals surface area (Å²) in [7, 11) is 0. The Labute approximate surface area is 289 Å². The first-order valence-electron chi connectivity index (χ1n) is 14.5. The third kappa shape index (κ3) is 9.79. The summed E-state index contributed by atoms with van der Waals surface area (Å²) < 4.78 is 85.9. The molecule has 2 aromatic heterocycles. The number of carboxylic acids is 1. The van der Waals surface area contributed by atoms with E-state index in [1.807, 2.05) is 0 Å². The summed E-state index contributed by atoms with van der Waals surface area (Å²) in [6.07, 6.45) is -12.5. The van der Waals surface area contributed by atoms with Crippen LogP contribution in [-0.4, -0.2) is 54.3 Å². The molecule has 0 amide bonds. The Hall–Kier alpha value is -5.00. The van der Waals surface area contributed by atoms with E-state index in [9.17, 15) is 31.1 Å². The molecule has 0 radical (unpaired) electrons. The van der Waals surface area contributed by atoms with Gasteiger partial charge in [0.25, 0.3) is 0 Å². The van der Waals surface area contributed by atoms with Crippen molar-refractivity contribution in [1.29, 1.82) is 0 Å². The lowest BCUT2D eigenvalue weighted by atomic mass is 10.0. The fourth-order valence-electron chi connectivity index (χ4n) is 4.57. The van der Waals surface area contributed by atoms with Gasteiger partial charge in [0.1, 0.15) is 6.04 Å². The summed E-state index contributed by atoms with van der Waals surface area (Å²) in [5, 5.41) is 22.1. The van der Waals surface area contributed by atoms with Crippen LogP contribution >= 0.6 is 15.9 Å². The first-order valence-corrected chi connectivity index (χ1v) is 15.3. The molecule has 2 heterocycles. The molecular formula is C33H29BrF6N6O4. The van der Waals surface area contributed by atoms with Crippen LogP contribution < -0.4 is 16.2 Å². The van der Waals surface area contributed by atoms with E-state index in [2.05, 4.69) is 31.0 Å². The number of benzene rings is 3. The zero-order valence-electron chi connectivity index (χ0n) is 25.9. The Kier molecular flexibility index (Phi) is 11.9. The summed E-state index contributed by atoms with van der Waals surface area (Å²) in [5.74, 6) is -1.77. The minimum Gasteiger partial charge on any atom is -0.480 e. The van der Waals surface area contributed by atoms with Crippen LogP contribution in [0.15, 0.2) is 95.6 Å². The Morgan fingerprint density at radius 2 is 1.54 bits per heavy atom. The van der Waals surface area contributed by atoms with Crippen LogP contribution in [-0.2, 0) is 11.2 Å². The van der Waals surface area contributed by atoms with Gasteiger partial charge in [-0.3, -0.25) is 4.79 Å². The molecule has 0 spiro atoms. The van der Waals surface area contributed by atoms with Crippen LogP contribution in [0.1, 0.15) is 34.6 Å². The van der Waals surface area contributed by atoms with E-state index in [0.29, 0.717) is 16.8 Å². The molecule has 0 aliphatic carbocycles. The van der Waals surface area contributed by atoms with Crippen molar-refractivity contribution in [3.05, 3.63) is 118 Å². The molecule has 50 heavy (non-hydrogen) atoms. The molecule has 3 atom stereocenters. The zero-order valence-corrected chi connectivity index (χ0v) is 27.5. The number of alkyl halides is 6. The molecule has 17 heteroatoms. The van der Waals surface area contributed by atoms with Crippen molar-refractivity contribution in [2.75, 3.05) is 5.73 Å². The van der Waals surface area contributed by atoms with Crippen molar-refractivity contribution in [3.8, 4) is 22.8 Å². The quantitative estimate of drug-likeness (QED) is 0.117. The predicted octanol–water partition coefficient (Wildman–Crippen LogP) is 6.90. The third-order valence-electron chi connectivity index (χ3n) is 6.98. The topological polar surface area (TPSA) is 162 Å². The molecule has 0 saturated carbocycles. The van der Waals surface area contributed by atoms with E-state index < -0.39 is 36.6 Å². The summed E-state index contributed by atoms with van der Waals surface area (Å²) in [5.41, 5.74) is 13.3. The number of aliphatic carboxylic acids is 1. The van der Waals surface area contributed by atoms with Crippen molar-refractivity contribution in [1.82, 2.24) is 19.7 Å². The zero-order chi connectivity index (χ0) is 36.8. The van der Waals surface area contributed by atoms with Gasteiger partial charge in [0, 0.05) is 33.4 Å². The van der Waals surface area contributed by atoms with Crippen molar-refractivity contribution >= 4 is 27.8 Å². The standard InChI is InChI=1S/C25H23F3N6O3.C8H6BrF3O/c1-14-10-11-34(33-14)20-5-3-2-4-17(20)22(25(26,27)28)37-21-13-19(31-24(30)32-21)16-8-6-15(7-9-16)12-18(29)23(35)36;9-6-4-2-1-3-5(6)7(13)8(10,11)12/h2-11,13,18,22H,12,29H2,1H3,(H,35,36)(H2,30,31,32);1-4,7,13H/t18-,22+;/m0./s1. The van der Waals surface area contributed by atoms with Crippen molar-refractivity contribution in [3.63, 3.8) is 0 Å². The fraction of sp³-hybridized carbons (Fsp3) is 0.212. The Morgan fingerprint density at radius 1 is 0.920 bits per heavy atom. The van der Waals surface area contributed by atoms with Crippen LogP contribution in [0.25, 0.3) is 16.9 Å². The number of aromatic nitrogens is 4. The number of aliphatic hydroxyl groups excluding tert-OH is 1. The maximum Gasteiger partial charge on any atom is 0.429 e. The van der Waals surface area contributed by atoms with Gasteiger partial charge >= 0.3 is 18.3 Å². The second-order valence-electron chi connectivity index (χ2n) is 10.8.